The lowest BCUT2D eigenvalue weighted by Gasteiger charge is -2.11. The molecule has 0 aromatic rings. The monoisotopic (exact) mass is 176 g/mol. The molecule has 0 saturated heterocycles. The van der Waals surface area contributed by atoms with Gasteiger partial charge in [-0.05, 0) is 13.8 Å². The molecule has 0 heterocycles. The van der Waals surface area contributed by atoms with E-state index < -0.39 is 24.1 Å². The molecule has 70 valence electrons. The molecule has 2 atom stereocenters. The van der Waals surface area contributed by atoms with Crippen molar-refractivity contribution in [2.24, 2.45) is 0 Å². The van der Waals surface area contributed by atoms with Crippen LogP contribution in [-0.4, -0.2) is 36.4 Å². The highest BCUT2D eigenvalue weighted by atomic mass is 16.6. The van der Waals surface area contributed by atoms with Crippen LogP contribution in [0, 0.1) is 0 Å². The molecule has 0 aliphatic heterocycles. The number of hydrogen-bond donors (Lipinski definition) is 1. The smallest absolute Gasteiger partial charge is 0.346 e. The molecule has 1 N–H and O–H groups in total. The molecular formula is C7H12O5. The highest BCUT2D eigenvalue weighted by Crippen LogP contribution is 1.96. The van der Waals surface area contributed by atoms with Crippen molar-refractivity contribution in [3.8, 4) is 0 Å². The van der Waals surface area contributed by atoms with E-state index in [-0.39, 0.29) is 0 Å². The normalized spacial score (nSPS) is 14.7. The Kier molecular flexibility index (Phi) is 4.28. The minimum atomic E-state index is -1.22. The third-order valence-electron chi connectivity index (χ3n) is 1.17. The Balaban J connectivity index is 3.92. The van der Waals surface area contributed by atoms with E-state index in [1.54, 1.807) is 0 Å². The number of aliphatic hydroxyl groups is 1. The minimum absolute atomic E-state index is 0.649. The first-order valence-corrected chi connectivity index (χ1v) is 3.45. The van der Waals surface area contributed by atoms with Crippen LogP contribution in [0.4, 0.5) is 0 Å². The molecule has 0 aliphatic carbocycles. The number of carbonyl (C=O) groups is 2. The fourth-order valence-electron chi connectivity index (χ4n) is 0.487. The van der Waals surface area contributed by atoms with E-state index in [0.29, 0.717) is 0 Å². The highest BCUT2D eigenvalue weighted by Gasteiger charge is 2.20. The Morgan fingerprint density at radius 1 is 1.25 bits per heavy atom. The number of carbonyl (C=O) groups excluding carboxylic acids is 2. The summed E-state index contributed by atoms with van der Waals surface area (Å²) in [5.41, 5.74) is 0. The fourth-order valence-corrected chi connectivity index (χ4v) is 0.487. The predicted molar refractivity (Wildman–Crippen MR) is 39.3 cm³/mol. The number of hydrogen-bond acceptors (Lipinski definition) is 5. The molecule has 0 unspecified atom stereocenters. The van der Waals surface area contributed by atoms with Crippen molar-refractivity contribution in [3.63, 3.8) is 0 Å². The Morgan fingerprint density at radius 3 is 2.08 bits per heavy atom. The summed E-state index contributed by atoms with van der Waals surface area (Å²) in [7, 11) is 1.19. The van der Waals surface area contributed by atoms with Crippen LogP contribution in [0.2, 0.25) is 0 Å². The van der Waals surface area contributed by atoms with Crippen molar-refractivity contribution >= 4 is 11.9 Å². The lowest BCUT2D eigenvalue weighted by molar-refractivity contribution is -0.169. The molecule has 0 radical (unpaired) electrons. The second-order valence-corrected chi connectivity index (χ2v) is 2.28. The molecule has 0 amide bonds. The van der Waals surface area contributed by atoms with Gasteiger partial charge >= 0.3 is 11.9 Å². The maximum absolute atomic E-state index is 10.7. The van der Waals surface area contributed by atoms with Crippen LogP contribution in [0.3, 0.4) is 0 Å². The summed E-state index contributed by atoms with van der Waals surface area (Å²) in [6.45, 7) is 2.62. The van der Waals surface area contributed by atoms with Gasteiger partial charge in [0.25, 0.3) is 0 Å². The lowest BCUT2D eigenvalue weighted by atomic mass is 10.4. The Bertz CT molecular complexity index is 175. The van der Waals surface area contributed by atoms with Gasteiger partial charge in [-0.3, -0.25) is 0 Å². The number of methoxy groups -OCH3 is 1. The van der Waals surface area contributed by atoms with Gasteiger partial charge in [-0.1, -0.05) is 0 Å². The fraction of sp³-hybridized carbons (Fsp3) is 0.714. The zero-order chi connectivity index (χ0) is 9.72. The van der Waals surface area contributed by atoms with Gasteiger partial charge in [0.15, 0.2) is 6.10 Å². The molecule has 0 aromatic heterocycles. The van der Waals surface area contributed by atoms with Crippen molar-refractivity contribution < 1.29 is 24.2 Å². The van der Waals surface area contributed by atoms with E-state index in [2.05, 4.69) is 9.47 Å². The van der Waals surface area contributed by atoms with Crippen LogP contribution in [0.1, 0.15) is 13.8 Å². The van der Waals surface area contributed by atoms with Crippen molar-refractivity contribution in [2.75, 3.05) is 7.11 Å². The van der Waals surface area contributed by atoms with E-state index in [1.807, 2.05) is 0 Å². The summed E-state index contributed by atoms with van der Waals surface area (Å²) in [5, 5.41) is 8.70. The summed E-state index contributed by atoms with van der Waals surface area (Å²) >= 11 is 0. The Morgan fingerprint density at radius 2 is 1.75 bits per heavy atom. The van der Waals surface area contributed by atoms with Crippen molar-refractivity contribution in [1.82, 2.24) is 0 Å². The Labute approximate surface area is 70.3 Å². The maximum atomic E-state index is 10.7. The maximum Gasteiger partial charge on any atom is 0.346 e. The molecular weight excluding hydrogens is 164 g/mol. The molecule has 12 heavy (non-hydrogen) atoms. The average Bonchev–Trinajstić information content (AvgIpc) is 2.02. The zero-order valence-electron chi connectivity index (χ0n) is 7.23. The molecule has 5 nitrogen and oxygen atoms in total. The molecule has 5 heteroatoms. The van der Waals surface area contributed by atoms with Gasteiger partial charge in [-0.2, -0.15) is 0 Å². The van der Waals surface area contributed by atoms with Crippen LogP contribution in [0.15, 0.2) is 0 Å². The number of ether oxygens (including phenoxy) is 2. The lowest BCUT2D eigenvalue weighted by Crippen LogP contribution is -2.30. The first kappa shape index (κ1) is 10.9. The number of aliphatic hydroxyl groups excluding tert-OH is 1. The largest absolute Gasteiger partial charge is 0.466 e. The standard InChI is InChI=1S/C7H12O5/c1-4(8)6(9)12-5(2)7(10)11-3/h4-5,8H,1-3H3/t4-,5-/m0/s1. The van der Waals surface area contributed by atoms with Gasteiger partial charge in [-0.25, -0.2) is 9.59 Å². The third-order valence-corrected chi connectivity index (χ3v) is 1.17. The van der Waals surface area contributed by atoms with E-state index in [4.69, 9.17) is 5.11 Å². The predicted octanol–water partition coefficient (Wildman–Crippen LogP) is -0.528. The van der Waals surface area contributed by atoms with E-state index in [1.165, 1.54) is 21.0 Å². The van der Waals surface area contributed by atoms with E-state index in [0.717, 1.165) is 0 Å². The van der Waals surface area contributed by atoms with Crippen molar-refractivity contribution in [2.45, 2.75) is 26.1 Å². The molecule has 0 fully saturated rings. The van der Waals surface area contributed by atoms with Crippen LogP contribution < -0.4 is 0 Å². The van der Waals surface area contributed by atoms with Gasteiger partial charge in [0, 0.05) is 0 Å². The highest BCUT2D eigenvalue weighted by molar-refractivity contribution is 5.80. The molecule has 0 aromatic carbocycles. The van der Waals surface area contributed by atoms with Gasteiger partial charge in [0.1, 0.15) is 6.10 Å². The first-order valence-electron chi connectivity index (χ1n) is 3.45. The van der Waals surface area contributed by atoms with E-state index in [9.17, 15) is 9.59 Å². The van der Waals surface area contributed by atoms with Crippen molar-refractivity contribution in [1.29, 1.82) is 0 Å². The van der Waals surface area contributed by atoms with Gasteiger partial charge in [-0.15, -0.1) is 0 Å². The summed E-state index contributed by atoms with van der Waals surface area (Å²) in [6.07, 6.45) is -2.20. The number of rotatable bonds is 3. The molecule has 0 aliphatic rings. The van der Waals surface area contributed by atoms with Crippen molar-refractivity contribution in [3.05, 3.63) is 0 Å². The van der Waals surface area contributed by atoms with Crippen LogP contribution in [0.5, 0.6) is 0 Å². The van der Waals surface area contributed by atoms with Gasteiger partial charge in [0.05, 0.1) is 7.11 Å². The molecule has 0 bridgehead atoms. The second-order valence-electron chi connectivity index (χ2n) is 2.28. The molecule has 0 saturated carbocycles. The SMILES string of the molecule is COC(=O)[C@H](C)OC(=O)[C@H](C)O. The third kappa shape index (κ3) is 3.34. The quantitative estimate of drug-likeness (QED) is 0.585. The molecule has 0 spiro atoms. The minimum Gasteiger partial charge on any atom is -0.466 e. The molecule has 0 rings (SSSR count). The average molecular weight is 176 g/mol. The summed E-state index contributed by atoms with van der Waals surface area (Å²) in [5.74, 6) is -1.49. The topological polar surface area (TPSA) is 72.8 Å². The zero-order valence-corrected chi connectivity index (χ0v) is 7.23. The Hall–Kier alpha value is -1.10. The van der Waals surface area contributed by atoms with Crippen LogP contribution in [-0.2, 0) is 19.1 Å². The van der Waals surface area contributed by atoms with Gasteiger partial charge < -0.3 is 14.6 Å². The summed E-state index contributed by atoms with van der Waals surface area (Å²) in [6, 6.07) is 0. The van der Waals surface area contributed by atoms with Crippen LogP contribution >= 0.6 is 0 Å². The second kappa shape index (κ2) is 4.71. The summed E-state index contributed by atoms with van der Waals surface area (Å²) < 4.78 is 8.80. The number of esters is 2. The van der Waals surface area contributed by atoms with Crippen LogP contribution in [0.25, 0.3) is 0 Å². The summed E-state index contributed by atoms with van der Waals surface area (Å²) in [4.78, 5) is 21.4. The van der Waals surface area contributed by atoms with E-state index >= 15 is 0 Å². The van der Waals surface area contributed by atoms with Gasteiger partial charge in [0.2, 0.25) is 0 Å². The first-order chi connectivity index (χ1) is 5.49.